The molecule has 178 valence electrons. The third-order valence-electron chi connectivity index (χ3n) is 4.72. The average Bonchev–Trinajstić information content (AvgIpc) is 2.86. The van der Waals surface area contributed by atoms with E-state index in [1.165, 1.54) is 43.5 Å². The summed E-state index contributed by atoms with van der Waals surface area (Å²) in [6.45, 7) is -0.185. The Morgan fingerprint density at radius 3 is 2.51 bits per heavy atom. The van der Waals surface area contributed by atoms with E-state index in [1.807, 2.05) is 36.4 Å². The van der Waals surface area contributed by atoms with Crippen molar-refractivity contribution in [1.29, 1.82) is 5.26 Å². The monoisotopic (exact) mass is 493 g/mol. The highest BCUT2D eigenvalue weighted by molar-refractivity contribution is 6.32. The Bertz CT molecular complexity index is 1290. The van der Waals surface area contributed by atoms with Crippen LogP contribution < -0.4 is 20.1 Å². The molecule has 35 heavy (non-hydrogen) atoms. The Kier molecular flexibility index (Phi) is 8.82. The van der Waals surface area contributed by atoms with Gasteiger partial charge in [0, 0.05) is 6.54 Å². The molecule has 0 aliphatic rings. The Balaban J connectivity index is 1.70. The van der Waals surface area contributed by atoms with Crippen LogP contribution in [0.15, 0.2) is 72.3 Å². The molecule has 3 aromatic rings. The lowest BCUT2D eigenvalue weighted by Gasteiger charge is -2.14. The van der Waals surface area contributed by atoms with E-state index >= 15 is 0 Å². The molecular weight excluding hydrogens is 473 g/mol. The number of para-hydroxylation sites is 1. The van der Waals surface area contributed by atoms with Gasteiger partial charge in [-0.3, -0.25) is 9.59 Å². The third kappa shape index (κ3) is 7.06. The number of carbonyl (C=O) groups is 2. The van der Waals surface area contributed by atoms with Gasteiger partial charge in [-0.1, -0.05) is 54.1 Å². The first kappa shape index (κ1) is 25.3. The molecule has 0 radical (unpaired) electrons. The van der Waals surface area contributed by atoms with Crippen molar-refractivity contribution in [3.8, 4) is 17.6 Å². The summed E-state index contributed by atoms with van der Waals surface area (Å²) in [4.78, 5) is 24.6. The van der Waals surface area contributed by atoms with Crippen LogP contribution in [-0.2, 0) is 16.1 Å². The summed E-state index contributed by atoms with van der Waals surface area (Å²) in [5.74, 6) is -1.45. The van der Waals surface area contributed by atoms with Gasteiger partial charge in [0.15, 0.2) is 18.1 Å². The van der Waals surface area contributed by atoms with Crippen molar-refractivity contribution in [2.45, 2.75) is 6.54 Å². The highest BCUT2D eigenvalue weighted by Gasteiger charge is 2.16. The summed E-state index contributed by atoms with van der Waals surface area (Å²) in [5, 5.41) is 14.6. The van der Waals surface area contributed by atoms with Gasteiger partial charge in [0.1, 0.15) is 17.5 Å². The molecular formula is C26H21ClFN3O4. The van der Waals surface area contributed by atoms with Crippen LogP contribution in [0.3, 0.4) is 0 Å². The van der Waals surface area contributed by atoms with Crippen molar-refractivity contribution in [3.05, 3.63) is 94.3 Å². The second kappa shape index (κ2) is 12.2. The Morgan fingerprint density at radius 2 is 1.83 bits per heavy atom. The highest BCUT2D eigenvalue weighted by atomic mass is 35.5. The van der Waals surface area contributed by atoms with Gasteiger partial charge >= 0.3 is 0 Å². The van der Waals surface area contributed by atoms with Gasteiger partial charge in [-0.15, -0.1) is 0 Å². The maximum atomic E-state index is 13.7. The number of amides is 2. The van der Waals surface area contributed by atoms with Crippen LogP contribution in [0.2, 0.25) is 5.02 Å². The molecule has 0 fully saturated rings. The van der Waals surface area contributed by atoms with Crippen LogP contribution in [0.4, 0.5) is 10.1 Å². The van der Waals surface area contributed by atoms with E-state index in [1.54, 1.807) is 6.07 Å². The van der Waals surface area contributed by atoms with Gasteiger partial charge in [0.2, 0.25) is 0 Å². The second-order valence-corrected chi connectivity index (χ2v) is 7.60. The molecule has 7 nitrogen and oxygen atoms in total. The number of benzene rings is 3. The van der Waals surface area contributed by atoms with E-state index in [-0.39, 0.29) is 34.3 Å². The minimum atomic E-state index is -0.598. The molecule has 0 bridgehead atoms. The largest absolute Gasteiger partial charge is 0.493 e. The molecule has 0 spiro atoms. The summed E-state index contributed by atoms with van der Waals surface area (Å²) in [5.41, 5.74) is 1.20. The van der Waals surface area contributed by atoms with E-state index < -0.39 is 24.2 Å². The topological polar surface area (TPSA) is 100 Å². The molecule has 0 aromatic heterocycles. The van der Waals surface area contributed by atoms with E-state index in [9.17, 15) is 19.2 Å². The number of ether oxygens (including phenoxy) is 2. The highest BCUT2D eigenvalue weighted by Crippen LogP contribution is 2.37. The molecule has 0 atom stereocenters. The molecule has 0 aliphatic carbocycles. The van der Waals surface area contributed by atoms with Crippen molar-refractivity contribution in [1.82, 2.24) is 5.32 Å². The predicted octanol–water partition coefficient (Wildman–Crippen LogP) is 4.73. The Hall–Kier alpha value is -4.35. The molecule has 2 N–H and O–H groups in total. The first-order valence-corrected chi connectivity index (χ1v) is 10.8. The summed E-state index contributed by atoms with van der Waals surface area (Å²) in [6, 6.07) is 19.9. The molecule has 2 amide bonds. The SMILES string of the molecule is COc1cc(C=C(C#N)C(=O)NCc2ccccc2)cc(Cl)c1OCC(=O)Nc1ccccc1F. The fourth-order valence-electron chi connectivity index (χ4n) is 3.04. The van der Waals surface area contributed by atoms with Gasteiger partial charge in [0.05, 0.1) is 17.8 Å². The molecule has 0 saturated carbocycles. The fraction of sp³-hybridized carbons (Fsp3) is 0.115. The summed E-state index contributed by atoms with van der Waals surface area (Å²) >= 11 is 6.32. The van der Waals surface area contributed by atoms with Crippen LogP contribution in [0.1, 0.15) is 11.1 Å². The number of halogens is 2. The quantitative estimate of drug-likeness (QED) is 0.331. The maximum Gasteiger partial charge on any atom is 0.262 e. The van der Waals surface area contributed by atoms with Crippen molar-refractivity contribution in [2.24, 2.45) is 0 Å². The number of hydrogen-bond donors (Lipinski definition) is 2. The molecule has 3 aromatic carbocycles. The number of rotatable bonds is 9. The van der Waals surface area contributed by atoms with Crippen molar-refractivity contribution < 1.29 is 23.5 Å². The zero-order valence-corrected chi connectivity index (χ0v) is 19.4. The molecule has 0 saturated heterocycles. The molecule has 0 aliphatic heterocycles. The summed E-state index contributed by atoms with van der Waals surface area (Å²) in [7, 11) is 1.38. The minimum Gasteiger partial charge on any atom is -0.493 e. The smallest absolute Gasteiger partial charge is 0.262 e. The van der Waals surface area contributed by atoms with Crippen LogP contribution >= 0.6 is 11.6 Å². The van der Waals surface area contributed by atoms with Crippen molar-refractivity contribution in [2.75, 3.05) is 19.0 Å². The molecule has 9 heteroatoms. The van der Waals surface area contributed by atoms with Crippen molar-refractivity contribution >= 4 is 35.2 Å². The van der Waals surface area contributed by atoms with Crippen LogP contribution in [0, 0.1) is 17.1 Å². The van der Waals surface area contributed by atoms with Crippen LogP contribution in [0.25, 0.3) is 6.08 Å². The standard InChI is InChI=1S/C26H21ClFN3O4/c1-34-23-13-18(11-19(14-29)26(33)30-15-17-7-3-2-4-8-17)12-20(27)25(23)35-16-24(32)31-22-10-6-5-9-21(22)28/h2-13H,15-16H2,1H3,(H,30,33)(H,31,32). The Morgan fingerprint density at radius 1 is 1.11 bits per heavy atom. The summed E-state index contributed by atoms with van der Waals surface area (Å²) < 4.78 is 24.5. The number of nitrogens with one attached hydrogen (secondary N) is 2. The lowest BCUT2D eigenvalue weighted by Crippen LogP contribution is -2.23. The van der Waals surface area contributed by atoms with E-state index in [2.05, 4.69) is 10.6 Å². The lowest BCUT2D eigenvalue weighted by atomic mass is 10.1. The molecule has 3 rings (SSSR count). The fourth-order valence-corrected chi connectivity index (χ4v) is 3.31. The minimum absolute atomic E-state index is 0.0224. The number of methoxy groups -OCH3 is 1. The second-order valence-electron chi connectivity index (χ2n) is 7.19. The number of nitrogens with zero attached hydrogens (tertiary/aromatic N) is 1. The van der Waals surface area contributed by atoms with Gasteiger partial charge < -0.3 is 20.1 Å². The van der Waals surface area contributed by atoms with Crippen LogP contribution in [0.5, 0.6) is 11.5 Å². The van der Waals surface area contributed by atoms with E-state index in [0.717, 1.165) is 5.56 Å². The first-order chi connectivity index (χ1) is 16.9. The maximum absolute atomic E-state index is 13.7. The van der Waals surface area contributed by atoms with Crippen molar-refractivity contribution in [3.63, 3.8) is 0 Å². The normalized spacial score (nSPS) is 10.7. The van der Waals surface area contributed by atoms with Crippen LogP contribution in [-0.4, -0.2) is 25.5 Å². The number of anilines is 1. The van der Waals surface area contributed by atoms with Gasteiger partial charge in [-0.25, -0.2) is 4.39 Å². The van der Waals surface area contributed by atoms with E-state index in [0.29, 0.717) is 5.56 Å². The van der Waals surface area contributed by atoms with Gasteiger partial charge in [0.25, 0.3) is 11.8 Å². The third-order valence-corrected chi connectivity index (χ3v) is 5.00. The number of hydrogen-bond acceptors (Lipinski definition) is 5. The van der Waals surface area contributed by atoms with Gasteiger partial charge in [-0.2, -0.15) is 5.26 Å². The number of nitriles is 1. The number of carbonyl (C=O) groups excluding carboxylic acids is 2. The van der Waals surface area contributed by atoms with Gasteiger partial charge in [-0.05, 0) is 41.5 Å². The summed E-state index contributed by atoms with van der Waals surface area (Å²) in [6.07, 6.45) is 1.36. The Labute approximate surface area is 206 Å². The predicted molar refractivity (Wildman–Crippen MR) is 130 cm³/mol. The zero-order valence-electron chi connectivity index (χ0n) is 18.7. The average molecular weight is 494 g/mol. The van der Waals surface area contributed by atoms with E-state index in [4.69, 9.17) is 21.1 Å². The zero-order chi connectivity index (χ0) is 25.2. The lowest BCUT2D eigenvalue weighted by molar-refractivity contribution is -0.118. The molecule has 0 unspecified atom stereocenters. The molecule has 0 heterocycles. The first-order valence-electron chi connectivity index (χ1n) is 10.4.